The number of carbonyl (C=O) groups excluding carboxylic acids is 1. The number of carbonyl (C=O) groups is 1. The summed E-state index contributed by atoms with van der Waals surface area (Å²) in [5.41, 5.74) is 2.62. The minimum atomic E-state index is -0.198. The van der Waals surface area contributed by atoms with E-state index in [0.717, 1.165) is 17.0 Å². The average Bonchev–Trinajstić information content (AvgIpc) is 3.32. The molecule has 0 bridgehead atoms. The minimum absolute atomic E-state index is 0.198. The fraction of sp³-hybridized carbons (Fsp3) is 0.150. The van der Waals surface area contributed by atoms with E-state index >= 15 is 0 Å². The highest BCUT2D eigenvalue weighted by atomic mass is 16.3. The van der Waals surface area contributed by atoms with Gasteiger partial charge in [-0.1, -0.05) is 6.07 Å². The number of aryl methyl sites for hydroxylation is 2. The molecule has 0 fully saturated rings. The van der Waals surface area contributed by atoms with Gasteiger partial charge in [-0.2, -0.15) is 5.10 Å². The van der Waals surface area contributed by atoms with Gasteiger partial charge in [0.15, 0.2) is 17.4 Å². The van der Waals surface area contributed by atoms with E-state index in [-0.39, 0.29) is 12.3 Å². The fourth-order valence-electron chi connectivity index (χ4n) is 2.86. The lowest BCUT2D eigenvalue weighted by atomic mass is 10.2. The van der Waals surface area contributed by atoms with E-state index in [2.05, 4.69) is 25.4 Å². The molecule has 0 aliphatic carbocycles. The smallest absolute Gasteiger partial charge is 0.230 e. The number of aromatic nitrogens is 5. The maximum Gasteiger partial charge on any atom is 0.230 e. The molecule has 0 aliphatic rings. The Balaban J connectivity index is 1.68. The number of anilines is 1. The minimum Gasteiger partial charge on any atom is -0.461 e. The van der Waals surface area contributed by atoms with Crippen LogP contribution in [-0.4, -0.2) is 30.6 Å². The van der Waals surface area contributed by atoms with E-state index in [9.17, 15) is 4.79 Å². The van der Waals surface area contributed by atoms with Crippen LogP contribution < -0.4 is 5.32 Å². The van der Waals surface area contributed by atoms with Crippen molar-refractivity contribution in [2.75, 3.05) is 5.32 Å². The summed E-state index contributed by atoms with van der Waals surface area (Å²) in [6.07, 6.45) is 5.08. The lowest BCUT2D eigenvalue weighted by Crippen LogP contribution is -2.16. The second kappa shape index (κ2) is 7.43. The second-order valence-corrected chi connectivity index (χ2v) is 6.34. The molecule has 140 valence electrons. The van der Waals surface area contributed by atoms with Gasteiger partial charge in [0.1, 0.15) is 5.82 Å². The highest BCUT2D eigenvalue weighted by Crippen LogP contribution is 2.21. The Bertz CT molecular complexity index is 1100. The van der Waals surface area contributed by atoms with Crippen molar-refractivity contribution < 1.29 is 9.21 Å². The quantitative estimate of drug-likeness (QED) is 0.576. The first-order chi connectivity index (χ1) is 13.6. The third-order valence-electron chi connectivity index (χ3n) is 4.04. The van der Waals surface area contributed by atoms with Crippen LogP contribution in [0.2, 0.25) is 0 Å². The number of amides is 1. The van der Waals surface area contributed by atoms with E-state index in [0.29, 0.717) is 23.2 Å². The first kappa shape index (κ1) is 17.6. The summed E-state index contributed by atoms with van der Waals surface area (Å²) in [5.74, 6) is 1.59. The first-order valence-electron chi connectivity index (χ1n) is 8.74. The van der Waals surface area contributed by atoms with Crippen LogP contribution in [0.1, 0.15) is 17.0 Å². The van der Waals surface area contributed by atoms with Gasteiger partial charge in [-0.25, -0.2) is 14.6 Å². The largest absolute Gasteiger partial charge is 0.461 e. The van der Waals surface area contributed by atoms with E-state index in [1.807, 2.05) is 26.0 Å². The maximum absolute atomic E-state index is 12.5. The zero-order valence-electron chi connectivity index (χ0n) is 15.5. The summed E-state index contributed by atoms with van der Waals surface area (Å²) < 4.78 is 7.13. The molecule has 0 atom stereocenters. The van der Waals surface area contributed by atoms with Gasteiger partial charge in [-0.15, -0.1) is 0 Å². The summed E-state index contributed by atoms with van der Waals surface area (Å²) in [7, 11) is 0. The standard InChI is InChI=1S/C20H18N6O2/c1-13-9-14(2)26(25-13)18-11-17(23-20(24-18)16-6-4-8-28-16)22-19(27)10-15-5-3-7-21-12-15/h3-9,11-12H,10H2,1-2H3,(H,22,23,24,27). The van der Waals surface area contributed by atoms with E-state index in [1.165, 1.54) is 0 Å². The second-order valence-electron chi connectivity index (χ2n) is 6.34. The molecule has 0 aliphatic heterocycles. The third kappa shape index (κ3) is 3.80. The molecule has 8 heteroatoms. The molecule has 0 aromatic carbocycles. The van der Waals surface area contributed by atoms with Gasteiger partial charge in [0.25, 0.3) is 0 Å². The molecule has 4 heterocycles. The SMILES string of the molecule is Cc1cc(C)n(-c2cc(NC(=O)Cc3cccnc3)nc(-c3ccco3)n2)n1. The van der Waals surface area contributed by atoms with Gasteiger partial charge >= 0.3 is 0 Å². The van der Waals surface area contributed by atoms with Crippen LogP contribution in [-0.2, 0) is 11.2 Å². The molecular formula is C20H18N6O2. The lowest BCUT2D eigenvalue weighted by molar-refractivity contribution is -0.115. The Hall–Kier alpha value is -3.81. The van der Waals surface area contributed by atoms with Crippen molar-refractivity contribution in [3.05, 3.63) is 72.0 Å². The lowest BCUT2D eigenvalue weighted by Gasteiger charge is -2.10. The van der Waals surface area contributed by atoms with E-state index < -0.39 is 0 Å². The summed E-state index contributed by atoms with van der Waals surface area (Å²) in [6, 6.07) is 10.8. The van der Waals surface area contributed by atoms with Gasteiger partial charge in [-0.05, 0) is 43.7 Å². The predicted molar refractivity (Wildman–Crippen MR) is 103 cm³/mol. The van der Waals surface area contributed by atoms with Crippen LogP contribution in [0.15, 0.2) is 59.5 Å². The van der Waals surface area contributed by atoms with Crippen LogP contribution in [0.25, 0.3) is 17.4 Å². The van der Waals surface area contributed by atoms with Crippen molar-refractivity contribution in [1.82, 2.24) is 24.7 Å². The van der Waals surface area contributed by atoms with Crippen molar-refractivity contribution >= 4 is 11.7 Å². The molecule has 0 radical (unpaired) electrons. The Morgan fingerprint density at radius 2 is 2.07 bits per heavy atom. The monoisotopic (exact) mass is 374 g/mol. The van der Waals surface area contributed by atoms with Gasteiger partial charge in [0.2, 0.25) is 5.91 Å². The van der Waals surface area contributed by atoms with Gasteiger partial charge in [0, 0.05) is 24.2 Å². The average molecular weight is 374 g/mol. The zero-order valence-corrected chi connectivity index (χ0v) is 15.5. The summed E-state index contributed by atoms with van der Waals surface area (Å²) in [4.78, 5) is 25.5. The number of furan rings is 1. The molecule has 4 rings (SSSR count). The highest BCUT2D eigenvalue weighted by molar-refractivity contribution is 5.91. The van der Waals surface area contributed by atoms with Crippen molar-refractivity contribution in [2.24, 2.45) is 0 Å². The molecule has 8 nitrogen and oxygen atoms in total. The van der Waals surface area contributed by atoms with Gasteiger partial charge in [-0.3, -0.25) is 9.78 Å². The molecule has 0 saturated carbocycles. The zero-order chi connectivity index (χ0) is 19.5. The predicted octanol–water partition coefficient (Wildman–Crippen LogP) is 3.12. The summed E-state index contributed by atoms with van der Waals surface area (Å²) in [5, 5.41) is 7.29. The molecule has 0 saturated heterocycles. The molecular weight excluding hydrogens is 356 g/mol. The Morgan fingerprint density at radius 3 is 2.75 bits per heavy atom. The third-order valence-corrected chi connectivity index (χ3v) is 4.04. The summed E-state index contributed by atoms with van der Waals surface area (Å²) >= 11 is 0. The molecule has 1 N–H and O–H groups in total. The Morgan fingerprint density at radius 1 is 1.18 bits per heavy atom. The number of hydrogen-bond acceptors (Lipinski definition) is 6. The van der Waals surface area contributed by atoms with Gasteiger partial charge < -0.3 is 9.73 Å². The number of nitrogens with one attached hydrogen (secondary N) is 1. The topological polar surface area (TPSA) is 98.7 Å². The molecule has 4 aromatic rings. The van der Waals surface area contributed by atoms with Crippen LogP contribution in [0.3, 0.4) is 0 Å². The number of pyridine rings is 1. The number of rotatable bonds is 5. The number of hydrogen-bond donors (Lipinski definition) is 1. The number of nitrogens with zero attached hydrogens (tertiary/aromatic N) is 5. The van der Waals surface area contributed by atoms with E-state index in [4.69, 9.17) is 4.42 Å². The first-order valence-corrected chi connectivity index (χ1v) is 8.74. The maximum atomic E-state index is 12.5. The normalized spacial score (nSPS) is 10.8. The Labute approximate surface area is 161 Å². The highest BCUT2D eigenvalue weighted by Gasteiger charge is 2.14. The molecule has 0 spiro atoms. The fourth-order valence-corrected chi connectivity index (χ4v) is 2.86. The molecule has 4 aromatic heterocycles. The Kier molecular flexibility index (Phi) is 4.67. The van der Waals surface area contributed by atoms with Crippen molar-refractivity contribution in [3.8, 4) is 17.4 Å². The van der Waals surface area contributed by atoms with Crippen molar-refractivity contribution in [2.45, 2.75) is 20.3 Å². The van der Waals surface area contributed by atoms with Crippen molar-refractivity contribution in [3.63, 3.8) is 0 Å². The van der Waals surface area contributed by atoms with Gasteiger partial charge in [0.05, 0.1) is 18.4 Å². The van der Waals surface area contributed by atoms with Crippen LogP contribution >= 0.6 is 0 Å². The molecule has 0 unspecified atom stereocenters. The van der Waals surface area contributed by atoms with Crippen LogP contribution in [0.4, 0.5) is 5.82 Å². The van der Waals surface area contributed by atoms with Crippen molar-refractivity contribution in [1.29, 1.82) is 0 Å². The molecule has 1 amide bonds. The van der Waals surface area contributed by atoms with Crippen LogP contribution in [0, 0.1) is 13.8 Å². The summed E-state index contributed by atoms with van der Waals surface area (Å²) in [6.45, 7) is 3.85. The van der Waals surface area contributed by atoms with E-state index in [1.54, 1.807) is 47.6 Å². The van der Waals surface area contributed by atoms with Crippen LogP contribution in [0.5, 0.6) is 0 Å². The molecule has 28 heavy (non-hydrogen) atoms.